The van der Waals surface area contributed by atoms with Gasteiger partial charge in [0.25, 0.3) is 0 Å². The molecule has 0 radical (unpaired) electrons. The van der Waals surface area contributed by atoms with E-state index in [1.54, 1.807) is 0 Å². The van der Waals surface area contributed by atoms with E-state index in [4.69, 9.17) is 9.47 Å². The lowest BCUT2D eigenvalue weighted by Crippen LogP contribution is -2.46. The van der Waals surface area contributed by atoms with E-state index < -0.39 is 17.9 Å². The molecule has 1 fully saturated rings. The number of hydrogen-bond donors (Lipinski definition) is 3. The highest BCUT2D eigenvalue weighted by atomic mass is 16.7. The second kappa shape index (κ2) is 9.51. The lowest BCUT2D eigenvalue weighted by atomic mass is 9.84. The first-order chi connectivity index (χ1) is 14.3. The number of benzene rings is 1. The summed E-state index contributed by atoms with van der Waals surface area (Å²) in [5, 5.41) is 21.4. The highest BCUT2D eigenvalue weighted by molar-refractivity contribution is 5.65. The lowest BCUT2D eigenvalue weighted by Gasteiger charge is -2.39. The van der Waals surface area contributed by atoms with Gasteiger partial charge < -0.3 is 34.3 Å². The van der Waals surface area contributed by atoms with Gasteiger partial charge in [0.05, 0.1) is 12.7 Å². The number of nitrogens with zero attached hydrogens (tertiary/aromatic N) is 1. The number of aliphatic hydroxyl groups is 2. The van der Waals surface area contributed by atoms with Crippen LogP contribution in [0.1, 0.15) is 29.7 Å². The highest BCUT2D eigenvalue weighted by Gasteiger charge is 2.34. The Kier molecular flexibility index (Phi) is 7.02. The molecule has 30 heavy (non-hydrogen) atoms. The van der Waals surface area contributed by atoms with Gasteiger partial charge in [-0.1, -0.05) is 30.3 Å². The number of carbonyl (C=O) groups excluding carboxylic acids is 1. The molecule has 0 saturated carbocycles. The summed E-state index contributed by atoms with van der Waals surface area (Å²) in [5.74, 6) is 0.545. The van der Waals surface area contributed by atoms with Crippen LogP contribution in [0.2, 0.25) is 0 Å². The van der Waals surface area contributed by atoms with Crippen LogP contribution in [0, 0.1) is 13.8 Å². The molecule has 1 saturated heterocycles. The lowest BCUT2D eigenvalue weighted by molar-refractivity contribution is -0.0373. The molecule has 8 heteroatoms. The fourth-order valence-corrected chi connectivity index (χ4v) is 3.70. The largest absolute Gasteiger partial charge is 0.514 e. The zero-order valence-corrected chi connectivity index (χ0v) is 17.7. The molecule has 1 aromatic carbocycles. The van der Waals surface area contributed by atoms with Gasteiger partial charge in [-0.3, -0.25) is 0 Å². The first-order valence-electron chi connectivity index (χ1n) is 10.1. The Hall–Kier alpha value is -2.55. The summed E-state index contributed by atoms with van der Waals surface area (Å²) in [5.41, 5.74) is 1.71. The van der Waals surface area contributed by atoms with Gasteiger partial charge in [-0.15, -0.1) is 0 Å². The standard InChI is InChI=1S/C22H30N2O6/c1-15-16(2)23-20(30-21(26)28-3)19(15)29-14-18(25)13-24-11-9-22(27,10-12-24)17-7-5-4-6-8-17/h4-8,18,23,25,27H,9-14H2,1-3H3. The molecule has 0 aliphatic carbocycles. The average Bonchev–Trinajstić information content (AvgIpc) is 3.01. The maximum Gasteiger partial charge on any atom is 0.514 e. The summed E-state index contributed by atoms with van der Waals surface area (Å²) in [6.45, 7) is 5.52. The Morgan fingerprint density at radius 2 is 1.90 bits per heavy atom. The maximum atomic E-state index is 11.4. The molecule has 8 nitrogen and oxygen atoms in total. The molecule has 1 atom stereocenters. The molecule has 3 N–H and O–H groups in total. The van der Waals surface area contributed by atoms with Gasteiger partial charge >= 0.3 is 6.16 Å². The van der Waals surface area contributed by atoms with Gasteiger partial charge in [0.15, 0.2) is 5.75 Å². The number of H-pyrrole nitrogens is 1. The van der Waals surface area contributed by atoms with Crippen molar-refractivity contribution in [2.75, 3.05) is 33.4 Å². The van der Waals surface area contributed by atoms with Crippen LogP contribution in [0.4, 0.5) is 4.79 Å². The third-order valence-electron chi connectivity index (χ3n) is 5.65. The van der Waals surface area contributed by atoms with Crippen molar-refractivity contribution in [3.8, 4) is 11.6 Å². The number of likely N-dealkylation sites (tertiary alicyclic amines) is 1. The van der Waals surface area contributed by atoms with Crippen LogP contribution in [0.3, 0.4) is 0 Å². The molecule has 2 heterocycles. The summed E-state index contributed by atoms with van der Waals surface area (Å²) in [7, 11) is 1.23. The van der Waals surface area contributed by atoms with Crippen LogP contribution in [0.15, 0.2) is 30.3 Å². The molecule has 0 amide bonds. The number of aromatic nitrogens is 1. The number of aliphatic hydroxyl groups excluding tert-OH is 1. The number of rotatable bonds is 7. The van der Waals surface area contributed by atoms with Crippen LogP contribution in [-0.4, -0.2) is 65.7 Å². The number of nitrogens with one attached hydrogen (secondary N) is 1. The summed E-state index contributed by atoms with van der Waals surface area (Å²) in [4.78, 5) is 16.5. The van der Waals surface area contributed by atoms with Gasteiger partial charge in [-0.2, -0.15) is 0 Å². The number of aryl methyl sites for hydroxylation is 1. The Bertz CT molecular complexity index is 843. The first-order valence-corrected chi connectivity index (χ1v) is 10.1. The van der Waals surface area contributed by atoms with Crippen molar-refractivity contribution < 1.29 is 29.2 Å². The van der Waals surface area contributed by atoms with Crippen LogP contribution in [-0.2, 0) is 10.3 Å². The van der Waals surface area contributed by atoms with Crippen molar-refractivity contribution in [1.29, 1.82) is 0 Å². The summed E-state index contributed by atoms with van der Waals surface area (Å²) in [6.07, 6.45) is -0.357. The van der Waals surface area contributed by atoms with Crippen molar-refractivity contribution in [2.24, 2.45) is 0 Å². The number of hydrogen-bond acceptors (Lipinski definition) is 7. The molecular weight excluding hydrogens is 388 g/mol. The first kappa shape index (κ1) is 22.1. The van der Waals surface area contributed by atoms with Gasteiger partial charge in [0.2, 0.25) is 5.88 Å². The van der Waals surface area contributed by atoms with Crippen molar-refractivity contribution in [2.45, 2.75) is 38.4 Å². The number of piperidine rings is 1. The van der Waals surface area contributed by atoms with Gasteiger partial charge in [-0.25, -0.2) is 4.79 Å². The van der Waals surface area contributed by atoms with Crippen molar-refractivity contribution in [1.82, 2.24) is 9.88 Å². The fourth-order valence-electron chi connectivity index (χ4n) is 3.70. The topological polar surface area (TPSA) is 104 Å². The van der Waals surface area contributed by atoms with E-state index in [1.807, 2.05) is 44.2 Å². The normalized spacial score (nSPS) is 17.4. The highest BCUT2D eigenvalue weighted by Crippen LogP contribution is 2.34. The molecule has 0 bridgehead atoms. The smallest absolute Gasteiger partial charge is 0.485 e. The second-order valence-electron chi connectivity index (χ2n) is 7.75. The van der Waals surface area contributed by atoms with E-state index in [0.29, 0.717) is 38.2 Å². The Labute approximate surface area is 176 Å². The van der Waals surface area contributed by atoms with E-state index >= 15 is 0 Å². The Morgan fingerprint density at radius 3 is 2.53 bits per heavy atom. The van der Waals surface area contributed by atoms with Gasteiger partial charge in [0.1, 0.15) is 12.7 Å². The summed E-state index contributed by atoms with van der Waals surface area (Å²) < 4.78 is 15.4. The molecule has 1 aliphatic rings. The summed E-state index contributed by atoms with van der Waals surface area (Å²) in [6, 6.07) is 9.71. The van der Waals surface area contributed by atoms with Crippen LogP contribution < -0.4 is 9.47 Å². The molecule has 1 aromatic heterocycles. The minimum absolute atomic E-state index is 0.0507. The number of β-amino-alcohol motifs (C(OH)–C–C–N with tert-alkyl or cyclic N) is 1. The monoisotopic (exact) mass is 418 g/mol. The molecule has 2 aromatic rings. The number of carbonyl (C=O) groups is 1. The molecule has 1 aliphatic heterocycles. The third kappa shape index (κ3) is 5.13. The van der Waals surface area contributed by atoms with Gasteiger partial charge in [0, 0.05) is 30.9 Å². The maximum absolute atomic E-state index is 11.4. The number of aromatic amines is 1. The SMILES string of the molecule is COC(=O)Oc1[nH]c(C)c(C)c1OCC(O)CN1CCC(O)(c2ccccc2)CC1. The van der Waals surface area contributed by atoms with E-state index in [2.05, 4.69) is 14.6 Å². The molecular formula is C22H30N2O6. The average molecular weight is 418 g/mol. The van der Waals surface area contributed by atoms with Crippen LogP contribution in [0.5, 0.6) is 11.6 Å². The fraction of sp³-hybridized carbons (Fsp3) is 0.500. The zero-order chi connectivity index (χ0) is 21.7. The number of ether oxygens (including phenoxy) is 3. The van der Waals surface area contributed by atoms with Crippen molar-refractivity contribution >= 4 is 6.16 Å². The second-order valence-corrected chi connectivity index (χ2v) is 7.75. The van der Waals surface area contributed by atoms with Gasteiger partial charge in [-0.05, 0) is 32.3 Å². The molecule has 1 unspecified atom stereocenters. The third-order valence-corrected chi connectivity index (χ3v) is 5.65. The predicted molar refractivity (Wildman–Crippen MR) is 111 cm³/mol. The van der Waals surface area contributed by atoms with Crippen LogP contribution in [0.25, 0.3) is 0 Å². The van der Waals surface area contributed by atoms with E-state index in [0.717, 1.165) is 16.8 Å². The van der Waals surface area contributed by atoms with Crippen LogP contribution >= 0.6 is 0 Å². The molecule has 3 rings (SSSR count). The van der Waals surface area contributed by atoms with E-state index in [9.17, 15) is 15.0 Å². The number of methoxy groups -OCH3 is 1. The Balaban J connectivity index is 1.51. The minimum atomic E-state index is -0.846. The molecule has 164 valence electrons. The zero-order valence-electron chi connectivity index (χ0n) is 17.7. The quantitative estimate of drug-likeness (QED) is 0.594. The minimum Gasteiger partial charge on any atom is -0.485 e. The molecule has 0 spiro atoms. The van der Waals surface area contributed by atoms with E-state index in [-0.39, 0.29) is 12.5 Å². The van der Waals surface area contributed by atoms with Crippen molar-refractivity contribution in [3.63, 3.8) is 0 Å². The predicted octanol–water partition coefficient (Wildman–Crippen LogP) is 2.50. The Morgan fingerprint density at radius 1 is 1.23 bits per heavy atom. The van der Waals surface area contributed by atoms with E-state index in [1.165, 1.54) is 7.11 Å². The van der Waals surface area contributed by atoms with Crippen molar-refractivity contribution in [3.05, 3.63) is 47.2 Å². The summed E-state index contributed by atoms with van der Waals surface area (Å²) >= 11 is 0.